The molecule has 1 unspecified atom stereocenters. The minimum Gasteiger partial charge on any atom is -0.478 e. The summed E-state index contributed by atoms with van der Waals surface area (Å²) in [6, 6.07) is 30.2. The molecule has 0 aromatic heterocycles. The van der Waals surface area contributed by atoms with Gasteiger partial charge in [-0.25, -0.2) is 4.79 Å². The standard InChI is InChI=1S/C33H29N3O3/c1-22(25-12-8-23(20-34)9-13-25)35-32(37)28-16-17-31-27(19-28)5-4-18-36(31)21-24-10-14-26(15-11-24)29-6-2-3-7-30(29)33(38)39/h2-3,6-17,19,22H,4-5,18,21H2,1H3,(H,35,37)(H,38,39). The number of carbonyl (C=O) groups excluding carboxylic acids is 1. The number of nitriles is 1. The molecule has 6 heteroatoms. The molecule has 39 heavy (non-hydrogen) atoms. The first-order valence-corrected chi connectivity index (χ1v) is 13.0. The van der Waals surface area contributed by atoms with Gasteiger partial charge in [-0.3, -0.25) is 4.79 Å². The number of amides is 1. The normalized spacial score (nSPS) is 13.2. The summed E-state index contributed by atoms with van der Waals surface area (Å²) in [6.45, 7) is 3.60. The Hall–Kier alpha value is -4.89. The van der Waals surface area contributed by atoms with E-state index in [2.05, 4.69) is 28.4 Å². The number of hydrogen-bond donors (Lipinski definition) is 2. The molecule has 0 saturated heterocycles. The molecule has 1 aliphatic heterocycles. The van der Waals surface area contributed by atoms with Crippen LogP contribution in [0, 0.1) is 11.3 Å². The second kappa shape index (κ2) is 11.2. The number of aryl methyl sites for hydroxylation is 1. The molecule has 6 nitrogen and oxygen atoms in total. The molecular weight excluding hydrogens is 486 g/mol. The predicted octanol–water partition coefficient (Wildman–Crippen LogP) is 6.37. The fourth-order valence-electron chi connectivity index (χ4n) is 5.12. The molecule has 0 saturated carbocycles. The van der Waals surface area contributed by atoms with Crippen LogP contribution >= 0.6 is 0 Å². The van der Waals surface area contributed by atoms with Crippen molar-refractivity contribution in [3.05, 3.63) is 124 Å². The SMILES string of the molecule is CC(NC(=O)c1ccc2c(c1)CCCN2Cc1ccc(-c2ccccc2C(=O)O)cc1)c1ccc(C#N)cc1. The van der Waals surface area contributed by atoms with Crippen molar-refractivity contribution in [2.45, 2.75) is 32.4 Å². The van der Waals surface area contributed by atoms with E-state index in [4.69, 9.17) is 5.26 Å². The van der Waals surface area contributed by atoms with Gasteiger partial charge in [-0.1, -0.05) is 54.6 Å². The van der Waals surface area contributed by atoms with Crippen LogP contribution in [0.2, 0.25) is 0 Å². The number of aromatic carboxylic acids is 1. The minimum atomic E-state index is -0.934. The summed E-state index contributed by atoms with van der Waals surface area (Å²) < 4.78 is 0. The van der Waals surface area contributed by atoms with Crippen molar-refractivity contribution in [2.75, 3.05) is 11.4 Å². The van der Waals surface area contributed by atoms with Crippen molar-refractivity contribution in [1.29, 1.82) is 5.26 Å². The second-order valence-corrected chi connectivity index (χ2v) is 9.85. The monoisotopic (exact) mass is 515 g/mol. The smallest absolute Gasteiger partial charge is 0.336 e. The van der Waals surface area contributed by atoms with Gasteiger partial charge in [0.1, 0.15) is 0 Å². The lowest BCUT2D eigenvalue weighted by Crippen LogP contribution is -2.30. The van der Waals surface area contributed by atoms with Crippen molar-refractivity contribution in [2.24, 2.45) is 0 Å². The highest BCUT2D eigenvalue weighted by Gasteiger charge is 2.20. The van der Waals surface area contributed by atoms with Crippen molar-refractivity contribution < 1.29 is 14.7 Å². The quantitative estimate of drug-likeness (QED) is 0.298. The van der Waals surface area contributed by atoms with Crippen LogP contribution in [0.15, 0.2) is 91.0 Å². The maximum atomic E-state index is 13.0. The molecule has 1 heterocycles. The molecule has 0 spiro atoms. The van der Waals surface area contributed by atoms with Gasteiger partial charge < -0.3 is 15.3 Å². The Morgan fingerprint density at radius 1 is 1.00 bits per heavy atom. The zero-order valence-corrected chi connectivity index (χ0v) is 21.7. The molecule has 5 rings (SSSR count). The van der Waals surface area contributed by atoms with Crippen molar-refractivity contribution in [3.63, 3.8) is 0 Å². The average Bonchev–Trinajstić information content (AvgIpc) is 2.97. The van der Waals surface area contributed by atoms with Crippen LogP contribution in [-0.4, -0.2) is 23.5 Å². The van der Waals surface area contributed by atoms with Crippen LogP contribution in [0.1, 0.15) is 62.4 Å². The van der Waals surface area contributed by atoms with E-state index in [1.165, 1.54) is 0 Å². The van der Waals surface area contributed by atoms with Gasteiger partial charge in [0.2, 0.25) is 0 Å². The van der Waals surface area contributed by atoms with Crippen LogP contribution in [0.25, 0.3) is 11.1 Å². The third-order valence-electron chi connectivity index (χ3n) is 7.24. The Morgan fingerprint density at radius 3 is 2.46 bits per heavy atom. The van der Waals surface area contributed by atoms with E-state index >= 15 is 0 Å². The molecule has 0 radical (unpaired) electrons. The number of fused-ring (bicyclic) bond motifs is 1. The van der Waals surface area contributed by atoms with Gasteiger partial charge in [0, 0.05) is 24.3 Å². The molecule has 1 amide bonds. The van der Waals surface area contributed by atoms with Gasteiger partial charge in [-0.15, -0.1) is 0 Å². The van der Waals surface area contributed by atoms with Crippen LogP contribution in [-0.2, 0) is 13.0 Å². The summed E-state index contributed by atoms with van der Waals surface area (Å²) in [5.41, 5.74) is 7.49. The van der Waals surface area contributed by atoms with Crippen LogP contribution in [0.5, 0.6) is 0 Å². The average molecular weight is 516 g/mol. The summed E-state index contributed by atoms with van der Waals surface area (Å²) in [5.74, 6) is -1.06. The lowest BCUT2D eigenvalue weighted by Gasteiger charge is -2.32. The third kappa shape index (κ3) is 5.68. The molecule has 2 N–H and O–H groups in total. The number of carboxylic acids is 1. The molecule has 0 aliphatic carbocycles. The van der Waals surface area contributed by atoms with Crippen molar-refractivity contribution >= 4 is 17.6 Å². The number of anilines is 1. The van der Waals surface area contributed by atoms with E-state index in [0.717, 1.165) is 53.9 Å². The zero-order valence-electron chi connectivity index (χ0n) is 21.7. The van der Waals surface area contributed by atoms with E-state index in [-0.39, 0.29) is 11.9 Å². The van der Waals surface area contributed by atoms with E-state index in [1.807, 2.05) is 61.5 Å². The van der Waals surface area contributed by atoms with E-state index in [9.17, 15) is 14.7 Å². The maximum absolute atomic E-state index is 13.0. The molecule has 4 aromatic carbocycles. The van der Waals surface area contributed by atoms with Gasteiger partial charge in [-0.05, 0) is 84.0 Å². The second-order valence-electron chi connectivity index (χ2n) is 9.85. The van der Waals surface area contributed by atoms with Gasteiger partial charge in [0.05, 0.1) is 23.2 Å². The van der Waals surface area contributed by atoms with Crippen LogP contribution in [0.3, 0.4) is 0 Å². The minimum absolute atomic E-state index is 0.121. The lowest BCUT2D eigenvalue weighted by molar-refractivity contribution is 0.0697. The molecule has 4 aromatic rings. The topological polar surface area (TPSA) is 93.4 Å². The lowest BCUT2D eigenvalue weighted by atomic mass is 9.97. The highest BCUT2D eigenvalue weighted by Crippen LogP contribution is 2.31. The molecule has 1 atom stereocenters. The maximum Gasteiger partial charge on any atom is 0.336 e. The van der Waals surface area contributed by atoms with E-state index < -0.39 is 5.97 Å². The molecule has 0 fully saturated rings. The highest BCUT2D eigenvalue weighted by atomic mass is 16.4. The summed E-state index contributed by atoms with van der Waals surface area (Å²) in [4.78, 5) is 26.9. The van der Waals surface area contributed by atoms with Crippen molar-refractivity contribution in [3.8, 4) is 17.2 Å². The number of rotatable bonds is 7. The number of nitrogens with zero attached hydrogens (tertiary/aromatic N) is 2. The summed E-state index contributed by atoms with van der Waals surface area (Å²) in [7, 11) is 0. The fraction of sp³-hybridized carbons (Fsp3) is 0.182. The molecule has 194 valence electrons. The predicted molar refractivity (Wildman–Crippen MR) is 152 cm³/mol. The Bertz CT molecular complexity index is 1550. The van der Waals surface area contributed by atoms with Gasteiger partial charge in [0.15, 0.2) is 0 Å². The highest BCUT2D eigenvalue weighted by molar-refractivity contribution is 5.96. The Labute approximate surface area is 228 Å². The largest absolute Gasteiger partial charge is 0.478 e. The Kier molecular flexibility index (Phi) is 7.42. The number of carboxylic acid groups (broad SMARTS) is 1. The van der Waals surface area contributed by atoms with Gasteiger partial charge >= 0.3 is 5.97 Å². The summed E-state index contributed by atoms with van der Waals surface area (Å²) >= 11 is 0. The van der Waals surface area contributed by atoms with Crippen LogP contribution < -0.4 is 10.2 Å². The van der Waals surface area contributed by atoms with Crippen molar-refractivity contribution in [1.82, 2.24) is 5.32 Å². The van der Waals surface area contributed by atoms with E-state index in [0.29, 0.717) is 22.3 Å². The summed E-state index contributed by atoms with van der Waals surface area (Å²) in [6.07, 6.45) is 1.92. The first-order chi connectivity index (χ1) is 18.9. The Morgan fingerprint density at radius 2 is 1.74 bits per heavy atom. The fourth-order valence-corrected chi connectivity index (χ4v) is 5.12. The number of carbonyl (C=O) groups is 2. The number of nitrogens with one attached hydrogen (secondary N) is 1. The first kappa shape index (κ1) is 25.7. The van der Waals surface area contributed by atoms with Gasteiger partial charge in [0.25, 0.3) is 5.91 Å². The third-order valence-corrected chi connectivity index (χ3v) is 7.24. The molecule has 1 aliphatic rings. The summed E-state index contributed by atoms with van der Waals surface area (Å²) in [5, 5.41) is 21.6. The zero-order chi connectivity index (χ0) is 27.4. The first-order valence-electron chi connectivity index (χ1n) is 13.0. The molecule has 0 bridgehead atoms. The Balaban J connectivity index is 1.28. The molecular formula is C33H29N3O3. The van der Waals surface area contributed by atoms with Gasteiger partial charge in [-0.2, -0.15) is 5.26 Å². The number of hydrogen-bond acceptors (Lipinski definition) is 4. The number of benzene rings is 4. The van der Waals surface area contributed by atoms with E-state index in [1.54, 1.807) is 24.3 Å². The van der Waals surface area contributed by atoms with Crippen LogP contribution in [0.4, 0.5) is 5.69 Å².